The third kappa shape index (κ3) is 5.54. The van der Waals surface area contributed by atoms with E-state index in [0.29, 0.717) is 5.56 Å². The SMILES string of the molecule is O=C(Cc1ccc(NC(=O)c2c(F)cccc2F)cc1)NCC(F)(F)F. The van der Waals surface area contributed by atoms with E-state index in [4.69, 9.17) is 0 Å². The largest absolute Gasteiger partial charge is 0.405 e. The molecule has 0 atom stereocenters. The molecule has 0 heterocycles. The van der Waals surface area contributed by atoms with Gasteiger partial charge in [0.15, 0.2) is 0 Å². The molecule has 2 aromatic rings. The molecule has 26 heavy (non-hydrogen) atoms. The molecule has 138 valence electrons. The zero-order valence-corrected chi connectivity index (χ0v) is 13.2. The van der Waals surface area contributed by atoms with Gasteiger partial charge in [0.1, 0.15) is 23.7 Å². The van der Waals surface area contributed by atoms with Gasteiger partial charge in [-0.2, -0.15) is 13.2 Å². The summed E-state index contributed by atoms with van der Waals surface area (Å²) in [5, 5.41) is 4.03. The van der Waals surface area contributed by atoms with Crippen molar-refractivity contribution in [3.63, 3.8) is 0 Å². The minimum absolute atomic E-state index is 0.206. The summed E-state index contributed by atoms with van der Waals surface area (Å²) in [6.45, 7) is -1.42. The lowest BCUT2D eigenvalue weighted by Gasteiger charge is -2.09. The first kappa shape index (κ1) is 19.4. The molecule has 0 aromatic heterocycles. The van der Waals surface area contributed by atoms with E-state index in [1.54, 1.807) is 5.32 Å². The van der Waals surface area contributed by atoms with Crippen LogP contribution in [0.2, 0.25) is 0 Å². The third-order valence-electron chi connectivity index (χ3n) is 3.25. The van der Waals surface area contributed by atoms with Gasteiger partial charge in [-0.3, -0.25) is 9.59 Å². The van der Waals surface area contributed by atoms with E-state index in [1.807, 2.05) is 0 Å². The lowest BCUT2D eigenvalue weighted by Crippen LogP contribution is -2.34. The Labute approximate surface area is 145 Å². The van der Waals surface area contributed by atoms with Crippen LogP contribution in [-0.4, -0.2) is 24.5 Å². The Kier molecular flexibility index (Phi) is 5.91. The maximum Gasteiger partial charge on any atom is 0.405 e. The van der Waals surface area contributed by atoms with Gasteiger partial charge in [-0.1, -0.05) is 18.2 Å². The highest BCUT2D eigenvalue weighted by atomic mass is 19.4. The lowest BCUT2D eigenvalue weighted by atomic mass is 10.1. The number of alkyl halides is 3. The van der Waals surface area contributed by atoms with Gasteiger partial charge in [0.25, 0.3) is 5.91 Å². The van der Waals surface area contributed by atoms with Gasteiger partial charge in [0.2, 0.25) is 5.91 Å². The molecule has 0 aliphatic carbocycles. The van der Waals surface area contributed by atoms with E-state index in [2.05, 4.69) is 5.32 Å². The first-order valence-electron chi connectivity index (χ1n) is 7.33. The van der Waals surface area contributed by atoms with Gasteiger partial charge in [0, 0.05) is 5.69 Å². The molecule has 2 rings (SSSR count). The van der Waals surface area contributed by atoms with Gasteiger partial charge in [-0.25, -0.2) is 8.78 Å². The average molecular weight is 372 g/mol. The molecule has 0 spiro atoms. The molecule has 0 aliphatic rings. The number of hydrogen-bond donors (Lipinski definition) is 2. The molecule has 0 aliphatic heterocycles. The molecule has 0 saturated carbocycles. The van der Waals surface area contributed by atoms with Crippen molar-refractivity contribution in [2.75, 3.05) is 11.9 Å². The second-order valence-electron chi connectivity index (χ2n) is 5.32. The summed E-state index contributed by atoms with van der Waals surface area (Å²) >= 11 is 0. The predicted molar refractivity (Wildman–Crippen MR) is 83.5 cm³/mol. The van der Waals surface area contributed by atoms with Crippen LogP contribution in [0.5, 0.6) is 0 Å². The van der Waals surface area contributed by atoms with Crippen LogP contribution >= 0.6 is 0 Å². The Balaban J connectivity index is 1.97. The normalized spacial score (nSPS) is 11.1. The van der Waals surface area contributed by atoms with E-state index >= 15 is 0 Å². The number of amides is 2. The first-order chi connectivity index (χ1) is 12.2. The van der Waals surface area contributed by atoms with Crippen LogP contribution in [0.1, 0.15) is 15.9 Å². The summed E-state index contributed by atoms with van der Waals surface area (Å²) < 4.78 is 63.1. The maximum atomic E-state index is 13.5. The zero-order chi connectivity index (χ0) is 19.3. The van der Waals surface area contributed by atoms with Crippen LogP contribution in [0.15, 0.2) is 42.5 Å². The second kappa shape index (κ2) is 7.94. The highest BCUT2D eigenvalue weighted by molar-refractivity contribution is 6.04. The van der Waals surface area contributed by atoms with Crippen LogP contribution in [-0.2, 0) is 11.2 Å². The zero-order valence-electron chi connectivity index (χ0n) is 13.2. The van der Waals surface area contributed by atoms with E-state index in [9.17, 15) is 31.5 Å². The molecule has 0 unspecified atom stereocenters. The number of rotatable bonds is 5. The van der Waals surface area contributed by atoms with E-state index in [-0.39, 0.29) is 12.1 Å². The summed E-state index contributed by atoms with van der Waals surface area (Å²) in [5.74, 6) is -3.83. The molecule has 0 radical (unpaired) electrons. The Morgan fingerprint density at radius 2 is 1.50 bits per heavy atom. The monoisotopic (exact) mass is 372 g/mol. The molecule has 0 saturated heterocycles. The fourth-order valence-electron chi connectivity index (χ4n) is 2.06. The Hall–Kier alpha value is -2.97. The van der Waals surface area contributed by atoms with Crippen molar-refractivity contribution >= 4 is 17.5 Å². The highest BCUT2D eigenvalue weighted by Crippen LogP contribution is 2.16. The minimum Gasteiger partial charge on any atom is -0.347 e. The van der Waals surface area contributed by atoms with E-state index < -0.39 is 41.7 Å². The summed E-state index contributed by atoms with van der Waals surface area (Å²) in [6.07, 6.45) is -4.78. The highest BCUT2D eigenvalue weighted by Gasteiger charge is 2.27. The topological polar surface area (TPSA) is 58.2 Å². The van der Waals surface area contributed by atoms with Crippen molar-refractivity contribution in [1.29, 1.82) is 0 Å². The minimum atomic E-state index is -4.49. The summed E-state index contributed by atoms with van der Waals surface area (Å²) in [6, 6.07) is 8.55. The Morgan fingerprint density at radius 1 is 0.923 bits per heavy atom. The molecule has 0 fully saturated rings. The second-order valence-corrected chi connectivity index (χ2v) is 5.32. The van der Waals surface area contributed by atoms with Gasteiger partial charge in [-0.05, 0) is 29.8 Å². The fraction of sp³-hybridized carbons (Fsp3) is 0.176. The van der Waals surface area contributed by atoms with Crippen LogP contribution in [0.4, 0.5) is 27.6 Å². The summed E-state index contributed by atoms with van der Waals surface area (Å²) in [4.78, 5) is 23.4. The van der Waals surface area contributed by atoms with E-state index in [0.717, 1.165) is 18.2 Å². The average Bonchev–Trinajstić information content (AvgIpc) is 2.54. The quantitative estimate of drug-likeness (QED) is 0.790. The van der Waals surface area contributed by atoms with Crippen LogP contribution < -0.4 is 10.6 Å². The predicted octanol–water partition coefficient (Wildman–Crippen LogP) is 3.44. The third-order valence-corrected chi connectivity index (χ3v) is 3.25. The Bertz CT molecular complexity index is 784. The van der Waals surface area contributed by atoms with Gasteiger partial charge in [-0.15, -0.1) is 0 Å². The van der Waals surface area contributed by atoms with Crippen molar-refractivity contribution in [2.24, 2.45) is 0 Å². The van der Waals surface area contributed by atoms with Crippen molar-refractivity contribution < 1.29 is 31.5 Å². The van der Waals surface area contributed by atoms with Crippen LogP contribution in [0.25, 0.3) is 0 Å². The van der Waals surface area contributed by atoms with Gasteiger partial charge < -0.3 is 10.6 Å². The maximum absolute atomic E-state index is 13.5. The van der Waals surface area contributed by atoms with Crippen molar-refractivity contribution in [3.8, 4) is 0 Å². The molecule has 9 heteroatoms. The number of nitrogens with one attached hydrogen (secondary N) is 2. The van der Waals surface area contributed by atoms with Gasteiger partial charge >= 0.3 is 6.18 Å². The molecule has 4 nitrogen and oxygen atoms in total. The molecule has 0 bridgehead atoms. The van der Waals surface area contributed by atoms with Gasteiger partial charge in [0.05, 0.1) is 6.42 Å². The lowest BCUT2D eigenvalue weighted by molar-refractivity contribution is -0.138. The number of carbonyl (C=O) groups is 2. The number of benzene rings is 2. The number of hydrogen-bond acceptors (Lipinski definition) is 2. The molecular weight excluding hydrogens is 359 g/mol. The van der Waals surface area contributed by atoms with Crippen molar-refractivity contribution in [1.82, 2.24) is 5.32 Å². The number of halogens is 5. The smallest absolute Gasteiger partial charge is 0.347 e. The molecule has 2 aromatic carbocycles. The van der Waals surface area contributed by atoms with Crippen molar-refractivity contribution in [2.45, 2.75) is 12.6 Å². The number of anilines is 1. The van der Waals surface area contributed by atoms with E-state index in [1.165, 1.54) is 24.3 Å². The molecule has 2 amide bonds. The molecular formula is C17H13F5N2O2. The first-order valence-corrected chi connectivity index (χ1v) is 7.33. The van der Waals surface area contributed by atoms with Crippen LogP contribution in [0.3, 0.4) is 0 Å². The fourth-order valence-corrected chi connectivity index (χ4v) is 2.06. The Morgan fingerprint density at radius 3 is 2.04 bits per heavy atom. The molecule has 2 N–H and O–H groups in total. The van der Waals surface area contributed by atoms with Crippen LogP contribution in [0, 0.1) is 11.6 Å². The number of carbonyl (C=O) groups excluding carboxylic acids is 2. The summed E-state index contributed by atoms with van der Waals surface area (Å²) in [7, 11) is 0. The summed E-state index contributed by atoms with van der Waals surface area (Å²) in [5.41, 5.74) is -0.125. The van der Waals surface area contributed by atoms with Crippen molar-refractivity contribution in [3.05, 3.63) is 65.2 Å². The standard InChI is InChI=1S/C17H13F5N2O2/c18-12-2-1-3-13(19)15(12)16(26)24-11-6-4-10(5-7-11)8-14(25)23-9-17(20,21)22/h1-7H,8-9H2,(H,23,25)(H,24,26).